The zero-order valence-corrected chi connectivity index (χ0v) is 11.4. The molecule has 0 saturated heterocycles. The number of rotatable bonds is 3. The minimum absolute atomic E-state index is 0.203. The van der Waals surface area contributed by atoms with Crippen molar-refractivity contribution in [3.63, 3.8) is 0 Å². The maximum absolute atomic E-state index is 12.3. The summed E-state index contributed by atoms with van der Waals surface area (Å²) in [7, 11) is 0. The molecule has 1 amide bonds. The van der Waals surface area contributed by atoms with E-state index in [1.54, 1.807) is 41.4 Å². The van der Waals surface area contributed by atoms with Crippen LogP contribution in [0.25, 0.3) is 16.8 Å². The molecule has 4 heterocycles. The van der Waals surface area contributed by atoms with E-state index in [4.69, 9.17) is 0 Å². The van der Waals surface area contributed by atoms with E-state index in [9.17, 15) is 4.79 Å². The quantitative estimate of drug-likeness (QED) is 0.585. The van der Waals surface area contributed by atoms with Crippen molar-refractivity contribution in [2.45, 2.75) is 6.54 Å². The lowest BCUT2D eigenvalue weighted by molar-refractivity contribution is 0.0951. The molecule has 22 heavy (non-hydrogen) atoms. The van der Waals surface area contributed by atoms with Crippen molar-refractivity contribution in [2.75, 3.05) is 0 Å². The second-order valence-electron chi connectivity index (χ2n) is 4.68. The summed E-state index contributed by atoms with van der Waals surface area (Å²) < 4.78 is 1.57. The van der Waals surface area contributed by atoms with Gasteiger partial charge in [0.2, 0.25) is 0 Å². The molecule has 4 aromatic rings. The fraction of sp³-hybridized carbons (Fsp3) is 0.0714. The third-order valence-corrected chi connectivity index (χ3v) is 3.26. The fourth-order valence-corrected chi connectivity index (χ4v) is 2.25. The van der Waals surface area contributed by atoms with Gasteiger partial charge in [0, 0.05) is 30.2 Å². The van der Waals surface area contributed by atoms with Crippen LogP contribution in [-0.2, 0) is 6.54 Å². The highest BCUT2D eigenvalue weighted by molar-refractivity contribution is 6.05. The molecule has 108 valence electrons. The molecular weight excluding hydrogens is 282 g/mol. The van der Waals surface area contributed by atoms with Crippen LogP contribution < -0.4 is 5.32 Å². The average Bonchev–Trinajstić information content (AvgIpc) is 3.16. The molecule has 0 aliphatic carbocycles. The summed E-state index contributed by atoms with van der Waals surface area (Å²) in [5.74, 6) is 0.805. The van der Waals surface area contributed by atoms with Crippen LogP contribution in [0.5, 0.6) is 0 Å². The van der Waals surface area contributed by atoms with Gasteiger partial charge in [-0.1, -0.05) is 0 Å². The van der Waals surface area contributed by atoms with Gasteiger partial charge < -0.3 is 10.3 Å². The molecule has 0 aromatic carbocycles. The molecule has 0 fully saturated rings. The molecule has 0 radical (unpaired) electrons. The molecule has 0 unspecified atom stereocenters. The van der Waals surface area contributed by atoms with E-state index < -0.39 is 0 Å². The molecule has 0 saturated carbocycles. The summed E-state index contributed by atoms with van der Waals surface area (Å²) in [6.07, 6.45) is 6.72. The first-order valence-electron chi connectivity index (χ1n) is 6.68. The van der Waals surface area contributed by atoms with Crippen molar-refractivity contribution in [3.8, 4) is 0 Å². The summed E-state index contributed by atoms with van der Waals surface area (Å²) in [6.45, 7) is 0.231. The first-order chi connectivity index (χ1) is 10.8. The standard InChI is InChI=1S/C14H11N7O/c22-13(10-7-17-12-9(10)3-1-4-15-12)18-8-11-19-14-16-5-2-6-21(14)20-11/h1-7H,8H2,(H,15,17)(H,18,22). The molecule has 0 aliphatic heterocycles. The van der Waals surface area contributed by atoms with E-state index in [0.717, 1.165) is 5.39 Å². The van der Waals surface area contributed by atoms with Crippen molar-refractivity contribution < 1.29 is 4.79 Å². The highest BCUT2D eigenvalue weighted by Crippen LogP contribution is 2.15. The van der Waals surface area contributed by atoms with E-state index in [-0.39, 0.29) is 12.5 Å². The molecule has 4 aromatic heterocycles. The van der Waals surface area contributed by atoms with E-state index in [0.29, 0.717) is 22.8 Å². The van der Waals surface area contributed by atoms with Gasteiger partial charge >= 0.3 is 0 Å². The van der Waals surface area contributed by atoms with Crippen LogP contribution in [0.2, 0.25) is 0 Å². The summed E-state index contributed by atoms with van der Waals surface area (Å²) in [6, 6.07) is 5.41. The van der Waals surface area contributed by atoms with Crippen molar-refractivity contribution in [3.05, 3.63) is 54.4 Å². The zero-order chi connectivity index (χ0) is 14.9. The second kappa shape index (κ2) is 4.92. The van der Waals surface area contributed by atoms with E-state index in [1.807, 2.05) is 6.07 Å². The van der Waals surface area contributed by atoms with Crippen LogP contribution in [0.15, 0.2) is 43.0 Å². The Balaban J connectivity index is 1.54. The van der Waals surface area contributed by atoms with Gasteiger partial charge in [-0.2, -0.15) is 4.98 Å². The number of fused-ring (bicyclic) bond motifs is 2. The Hall–Kier alpha value is -3.29. The number of amides is 1. The Labute approximate surface area is 124 Å². The largest absolute Gasteiger partial charge is 0.345 e. The summed E-state index contributed by atoms with van der Waals surface area (Å²) in [5, 5.41) is 7.82. The number of nitrogens with zero attached hydrogens (tertiary/aromatic N) is 5. The third kappa shape index (κ3) is 2.06. The predicted octanol–water partition coefficient (Wildman–Crippen LogP) is 0.931. The number of nitrogens with one attached hydrogen (secondary N) is 2. The number of aromatic amines is 1. The molecular formula is C14H11N7O. The highest BCUT2D eigenvalue weighted by Gasteiger charge is 2.13. The van der Waals surface area contributed by atoms with Crippen LogP contribution in [0.3, 0.4) is 0 Å². The van der Waals surface area contributed by atoms with Gasteiger partial charge in [0.15, 0.2) is 5.82 Å². The number of aromatic nitrogens is 6. The molecule has 0 bridgehead atoms. The smallest absolute Gasteiger partial charge is 0.253 e. The van der Waals surface area contributed by atoms with Crippen molar-refractivity contribution >= 4 is 22.7 Å². The Morgan fingerprint density at radius 3 is 3.09 bits per heavy atom. The predicted molar refractivity (Wildman–Crippen MR) is 78.0 cm³/mol. The highest BCUT2D eigenvalue weighted by atomic mass is 16.1. The monoisotopic (exact) mass is 293 g/mol. The Morgan fingerprint density at radius 1 is 1.27 bits per heavy atom. The van der Waals surface area contributed by atoms with Gasteiger partial charge in [-0.05, 0) is 18.2 Å². The number of hydrogen-bond donors (Lipinski definition) is 2. The molecule has 2 N–H and O–H groups in total. The van der Waals surface area contributed by atoms with Crippen LogP contribution >= 0.6 is 0 Å². The number of hydrogen-bond acceptors (Lipinski definition) is 5. The van der Waals surface area contributed by atoms with Crippen LogP contribution in [-0.4, -0.2) is 35.5 Å². The van der Waals surface area contributed by atoms with Crippen molar-refractivity contribution in [1.29, 1.82) is 0 Å². The molecule has 0 spiro atoms. The number of pyridine rings is 1. The normalized spacial score (nSPS) is 11.1. The van der Waals surface area contributed by atoms with Crippen LogP contribution in [0.4, 0.5) is 0 Å². The van der Waals surface area contributed by atoms with Crippen LogP contribution in [0, 0.1) is 0 Å². The summed E-state index contributed by atoms with van der Waals surface area (Å²) in [4.78, 5) is 27.7. The maximum Gasteiger partial charge on any atom is 0.253 e. The topological polar surface area (TPSA) is 101 Å². The Morgan fingerprint density at radius 2 is 2.18 bits per heavy atom. The zero-order valence-electron chi connectivity index (χ0n) is 11.4. The minimum atomic E-state index is -0.203. The van der Waals surface area contributed by atoms with Gasteiger partial charge in [-0.3, -0.25) is 4.79 Å². The lowest BCUT2D eigenvalue weighted by Gasteiger charge is -2.00. The number of H-pyrrole nitrogens is 1. The van der Waals surface area contributed by atoms with E-state index in [2.05, 4.69) is 30.4 Å². The van der Waals surface area contributed by atoms with Gasteiger partial charge in [0.1, 0.15) is 5.65 Å². The Bertz CT molecular complexity index is 938. The Kier molecular flexibility index (Phi) is 2.78. The second-order valence-corrected chi connectivity index (χ2v) is 4.68. The first kappa shape index (κ1) is 12.5. The van der Waals surface area contributed by atoms with E-state index in [1.165, 1.54) is 0 Å². The van der Waals surface area contributed by atoms with E-state index >= 15 is 0 Å². The van der Waals surface area contributed by atoms with Gasteiger partial charge in [0.05, 0.1) is 12.1 Å². The summed E-state index contributed by atoms with van der Waals surface area (Å²) in [5.41, 5.74) is 1.23. The molecule has 4 rings (SSSR count). The SMILES string of the molecule is O=C(NCc1nc2ncccn2n1)c1c[nH]c2ncccc12. The fourth-order valence-electron chi connectivity index (χ4n) is 2.25. The minimum Gasteiger partial charge on any atom is -0.345 e. The van der Waals surface area contributed by atoms with Gasteiger partial charge in [0.25, 0.3) is 11.7 Å². The molecule has 0 aliphatic rings. The maximum atomic E-state index is 12.3. The lowest BCUT2D eigenvalue weighted by atomic mass is 10.2. The van der Waals surface area contributed by atoms with Gasteiger partial charge in [-0.25, -0.2) is 14.5 Å². The first-order valence-corrected chi connectivity index (χ1v) is 6.68. The summed E-state index contributed by atoms with van der Waals surface area (Å²) >= 11 is 0. The molecule has 0 atom stereocenters. The van der Waals surface area contributed by atoms with Crippen molar-refractivity contribution in [1.82, 2.24) is 34.9 Å². The number of carbonyl (C=O) groups is 1. The molecule has 8 heteroatoms. The van der Waals surface area contributed by atoms with Gasteiger partial charge in [-0.15, -0.1) is 5.10 Å². The number of carbonyl (C=O) groups excluding carboxylic acids is 1. The molecule has 8 nitrogen and oxygen atoms in total. The lowest BCUT2D eigenvalue weighted by Crippen LogP contribution is -2.23. The van der Waals surface area contributed by atoms with Crippen LogP contribution in [0.1, 0.15) is 16.2 Å². The van der Waals surface area contributed by atoms with Crippen molar-refractivity contribution in [2.24, 2.45) is 0 Å². The third-order valence-electron chi connectivity index (χ3n) is 3.26. The average molecular weight is 293 g/mol.